The first kappa shape index (κ1) is 20.7. The fourth-order valence-corrected chi connectivity index (χ4v) is 4.26. The van der Waals surface area contributed by atoms with E-state index < -0.39 is 0 Å². The summed E-state index contributed by atoms with van der Waals surface area (Å²) in [6, 6.07) is 5.99. The van der Waals surface area contributed by atoms with E-state index in [-0.39, 0.29) is 23.3 Å². The van der Waals surface area contributed by atoms with Crippen LogP contribution in [0.2, 0.25) is 0 Å². The molecule has 3 aliphatic rings. The third kappa shape index (κ3) is 4.59. The summed E-state index contributed by atoms with van der Waals surface area (Å²) in [5, 5.41) is 9.11. The monoisotopic (exact) mass is 428 g/mol. The van der Waals surface area contributed by atoms with Gasteiger partial charge in [0, 0.05) is 24.4 Å². The summed E-state index contributed by atoms with van der Waals surface area (Å²) in [6.45, 7) is 6.04. The number of benzene rings is 1. The minimum Gasteiger partial charge on any atom is -0.365 e. The summed E-state index contributed by atoms with van der Waals surface area (Å²) in [7, 11) is 0. The Morgan fingerprint density at radius 3 is 2.80 bits per heavy atom. The zero-order valence-electron chi connectivity index (χ0n) is 16.9. The third-order valence-electron chi connectivity index (χ3n) is 5.73. The van der Waals surface area contributed by atoms with E-state index >= 15 is 0 Å². The van der Waals surface area contributed by atoms with Crippen LogP contribution < -0.4 is 5.32 Å². The zero-order valence-corrected chi connectivity index (χ0v) is 17.6. The third-order valence-corrected chi connectivity index (χ3v) is 6.05. The van der Waals surface area contributed by atoms with Gasteiger partial charge in [-0.1, -0.05) is 42.5 Å². The average Bonchev–Trinajstić information content (AvgIpc) is 3.36. The number of amides is 2. The van der Waals surface area contributed by atoms with Gasteiger partial charge in [0.1, 0.15) is 5.82 Å². The molecule has 2 amide bonds. The number of hydrazone groups is 1. The molecule has 0 spiro atoms. The van der Waals surface area contributed by atoms with E-state index in [1.807, 2.05) is 12.2 Å². The van der Waals surface area contributed by atoms with Crippen LogP contribution in [0, 0.1) is 5.82 Å². The van der Waals surface area contributed by atoms with Gasteiger partial charge in [-0.05, 0) is 37.8 Å². The van der Waals surface area contributed by atoms with Crippen LogP contribution >= 0.6 is 11.6 Å². The molecule has 5 nitrogen and oxygen atoms in total. The first-order chi connectivity index (χ1) is 14.5. The first-order valence-corrected chi connectivity index (χ1v) is 10.8. The van der Waals surface area contributed by atoms with E-state index in [9.17, 15) is 9.18 Å². The van der Waals surface area contributed by atoms with Crippen LogP contribution in [0.3, 0.4) is 0 Å². The molecular weight excluding hydrogens is 403 g/mol. The zero-order chi connectivity index (χ0) is 21.1. The van der Waals surface area contributed by atoms with Crippen molar-refractivity contribution >= 4 is 23.3 Å². The molecule has 1 aliphatic carbocycles. The number of urea groups is 1. The maximum Gasteiger partial charge on any atom is 0.337 e. The molecule has 1 fully saturated rings. The molecule has 4 rings (SSSR count). The van der Waals surface area contributed by atoms with E-state index in [0.717, 1.165) is 49.2 Å². The predicted octanol–water partition coefficient (Wildman–Crippen LogP) is 4.42. The van der Waals surface area contributed by atoms with Crippen LogP contribution in [-0.4, -0.2) is 52.7 Å². The van der Waals surface area contributed by atoms with Gasteiger partial charge >= 0.3 is 6.03 Å². The highest BCUT2D eigenvalue weighted by Crippen LogP contribution is 2.28. The number of halogens is 2. The molecule has 0 aromatic heterocycles. The molecule has 2 unspecified atom stereocenters. The number of likely N-dealkylation sites (tertiary alicyclic amines) is 1. The highest BCUT2D eigenvalue weighted by Gasteiger charge is 2.37. The molecule has 0 saturated carbocycles. The van der Waals surface area contributed by atoms with Crippen LogP contribution in [0.1, 0.15) is 31.2 Å². The lowest BCUT2D eigenvalue weighted by atomic mass is 10.0. The maximum atomic E-state index is 13.4. The van der Waals surface area contributed by atoms with Gasteiger partial charge in [0.05, 0.1) is 23.7 Å². The summed E-state index contributed by atoms with van der Waals surface area (Å²) in [5.41, 5.74) is 3.84. The molecule has 2 heterocycles. The van der Waals surface area contributed by atoms with Crippen LogP contribution in [0.15, 0.2) is 65.4 Å². The lowest BCUT2D eigenvalue weighted by Crippen LogP contribution is -2.43. The van der Waals surface area contributed by atoms with Gasteiger partial charge in [0.2, 0.25) is 0 Å². The predicted molar refractivity (Wildman–Crippen MR) is 118 cm³/mol. The van der Waals surface area contributed by atoms with Gasteiger partial charge in [-0.25, -0.2) is 14.2 Å². The number of allylic oxidation sites excluding steroid dienone is 4. The number of carbonyl (C=O) groups excluding carboxylic acids is 1. The number of rotatable bonds is 5. The van der Waals surface area contributed by atoms with Crippen molar-refractivity contribution in [2.45, 2.75) is 37.1 Å². The molecular formula is C23H26ClFN4O. The number of alkyl halides is 1. The molecule has 7 heteroatoms. The second kappa shape index (κ2) is 9.04. The smallest absolute Gasteiger partial charge is 0.337 e. The van der Waals surface area contributed by atoms with Crippen molar-refractivity contribution < 1.29 is 9.18 Å². The van der Waals surface area contributed by atoms with Crippen LogP contribution in [-0.2, 0) is 0 Å². The number of hydrogen-bond donors (Lipinski definition) is 1. The molecule has 2 atom stereocenters. The number of carbonyl (C=O) groups is 1. The van der Waals surface area contributed by atoms with Gasteiger partial charge in [0.25, 0.3) is 0 Å². The van der Waals surface area contributed by atoms with Crippen molar-refractivity contribution in [1.29, 1.82) is 0 Å². The Hall–Kier alpha value is -2.60. The van der Waals surface area contributed by atoms with E-state index in [1.54, 1.807) is 12.1 Å². The SMILES string of the molecule is C=C1CCCN1C1CN(C(=O)NCCC2=CCC(Cl)C=C2)N=C1c1ccc(F)cc1. The summed E-state index contributed by atoms with van der Waals surface area (Å²) in [6.07, 6.45) is 9.67. The second-order valence-corrected chi connectivity index (χ2v) is 8.39. The van der Waals surface area contributed by atoms with E-state index in [4.69, 9.17) is 11.6 Å². The molecule has 2 aliphatic heterocycles. The summed E-state index contributed by atoms with van der Waals surface area (Å²) < 4.78 is 13.4. The van der Waals surface area contributed by atoms with E-state index in [0.29, 0.717) is 13.1 Å². The number of nitrogens with zero attached hydrogens (tertiary/aromatic N) is 3. The standard InChI is InChI=1S/C23H26ClFN4O/c1-16-3-2-14-28(16)21-15-29(27-22(21)18-6-10-20(25)11-7-18)23(30)26-13-12-17-4-8-19(24)9-5-17/h4-8,10-11,19,21H,1-3,9,12-15H2,(H,26,30). The van der Waals surface area contributed by atoms with Gasteiger partial charge in [-0.3, -0.25) is 0 Å². The topological polar surface area (TPSA) is 47.9 Å². The van der Waals surface area contributed by atoms with E-state index in [2.05, 4.69) is 28.0 Å². The Labute approximate surface area is 181 Å². The number of hydrogen-bond acceptors (Lipinski definition) is 3. The van der Waals surface area contributed by atoms with E-state index in [1.165, 1.54) is 22.7 Å². The van der Waals surface area contributed by atoms with Crippen molar-refractivity contribution in [1.82, 2.24) is 15.2 Å². The van der Waals surface area contributed by atoms with Gasteiger partial charge in [-0.15, -0.1) is 11.6 Å². The molecule has 30 heavy (non-hydrogen) atoms. The maximum absolute atomic E-state index is 13.4. The Morgan fingerprint density at radius 2 is 2.13 bits per heavy atom. The lowest BCUT2D eigenvalue weighted by Gasteiger charge is -2.28. The van der Waals surface area contributed by atoms with Crippen molar-refractivity contribution in [3.63, 3.8) is 0 Å². The summed E-state index contributed by atoms with van der Waals surface area (Å²) >= 11 is 6.05. The Bertz CT molecular complexity index is 908. The highest BCUT2D eigenvalue weighted by atomic mass is 35.5. The van der Waals surface area contributed by atoms with Crippen molar-refractivity contribution in [3.05, 3.63) is 71.7 Å². The number of nitrogens with one attached hydrogen (secondary N) is 1. The fourth-order valence-electron chi connectivity index (χ4n) is 4.09. The molecule has 1 aromatic carbocycles. The van der Waals surface area contributed by atoms with Gasteiger partial charge < -0.3 is 10.2 Å². The van der Waals surface area contributed by atoms with Crippen molar-refractivity contribution in [2.75, 3.05) is 19.6 Å². The quantitative estimate of drug-likeness (QED) is 0.706. The largest absolute Gasteiger partial charge is 0.365 e. The fraction of sp³-hybridized carbons (Fsp3) is 0.391. The Balaban J connectivity index is 1.43. The molecule has 0 bridgehead atoms. The minimum absolute atomic E-state index is 0.0597. The molecule has 1 aromatic rings. The Morgan fingerprint density at radius 1 is 1.33 bits per heavy atom. The van der Waals surface area contributed by atoms with Crippen LogP contribution in [0.4, 0.5) is 9.18 Å². The van der Waals surface area contributed by atoms with Gasteiger partial charge in [0.15, 0.2) is 0 Å². The van der Waals surface area contributed by atoms with Gasteiger partial charge in [-0.2, -0.15) is 5.10 Å². The molecule has 158 valence electrons. The molecule has 1 N–H and O–H groups in total. The summed E-state index contributed by atoms with van der Waals surface area (Å²) in [4.78, 5) is 15.0. The molecule has 1 saturated heterocycles. The normalized spacial score (nSPS) is 23.6. The average molecular weight is 429 g/mol. The van der Waals surface area contributed by atoms with Crippen molar-refractivity contribution in [2.24, 2.45) is 5.10 Å². The summed E-state index contributed by atoms with van der Waals surface area (Å²) in [5.74, 6) is -0.291. The van der Waals surface area contributed by atoms with Crippen molar-refractivity contribution in [3.8, 4) is 0 Å². The van der Waals surface area contributed by atoms with Crippen LogP contribution in [0.25, 0.3) is 0 Å². The Kier molecular flexibility index (Phi) is 6.23. The highest BCUT2D eigenvalue weighted by molar-refractivity contribution is 6.22. The van der Waals surface area contributed by atoms with Crippen LogP contribution in [0.5, 0.6) is 0 Å². The molecule has 0 radical (unpaired) electrons. The first-order valence-electron chi connectivity index (χ1n) is 10.4. The second-order valence-electron chi connectivity index (χ2n) is 7.82. The minimum atomic E-state index is -0.291. The lowest BCUT2D eigenvalue weighted by molar-refractivity contribution is 0.196.